The van der Waals surface area contributed by atoms with Crippen molar-refractivity contribution >= 4 is 5.97 Å². The predicted octanol–water partition coefficient (Wildman–Crippen LogP) is 3.67. The van der Waals surface area contributed by atoms with Gasteiger partial charge in [-0.3, -0.25) is 4.79 Å². The average Bonchev–Trinajstić information content (AvgIpc) is 2.57. The maximum Gasteiger partial charge on any atom is 0.303 e. The lowest BCUT2D eigenvalue weighted by Gasteiger charge is -2.20. The van der Waals surface area contributed by atoms with E-state index in [0.29, 0.717) is 26.2 Å². The SMILES string of the molecule is C=CCO[C@@H](CCC(=O)O)C[C@@H](C)COCc1ccc(OC)cc1. The van der Waals surface area contributed by atoms with Crippen molar-refractivity contribution in [2.45, 2.75) is 38.9 Å². The fraction of sp³-hybridized carbons (Fsp3) is 0.526. The van der Waals surface area contributed by atoms with Gasteiger partial charge in [0.15, 0.2) is 0 Å². The Bertz CT molecular complexity index is 483. The standard InChI is InChI=1S/C19H28O5/c1-4-11-24-18(9-10-19(20)21)12-15(2)13-23-14-16-5-7-17(22-3)8-6-16/h4-8,15,18H,1,9-14H2,2-3H3,(H,20,21)/t15-,18+/m1/s1. The van der Waals surface area contributed by atoms with Crippen molar-refractivity contribution in [3.05, 3.63) is 42.5 Å². The van der Waals surface area contributed by atoms with Gasteiger partial charge in [0.05, 0.1) is 26.4 Å². The summed E-state index contributed by atoms with van der Waals surface area (Å²) < 4.78 is 16.5. The van der Waals surface area contributed by atoms with E-state index >= 15 is 0 Å². The van der Waals surface area contributed by atoms with Crippen LogP contribution < -0.4 is 4.74 Å². The van der Waals surface area contributed by atoms with Gasteiger partial charge in [-0.15, -0.1) is 6.58 Å². The van der Waals surface area contributed by atoms with Crippen LogP contribution in [0.4, 0.5) is 0 Å². The summed E-state index contributed by atoms with van der Waals surface area (Å²) in [5, 5.41) is 8.82. The van der Waals surface area contributed by atoms with Crippen LogP contribution in [0.1, 0.15) is 31.7 Å². The highest BCUT2D eigenvalue weighted by Crippen LogP contribution is 2.16. The Labute approximate surface area is 144 Å². The Morgan fingerprint density at radius 3 is 2.62 bits per heavy atom. The van der Waals surface area contributed by atoms with Gasteiger partial charge in [0.25, 0.3) is 0 Å². The van der Waals surface area contributed by atoms with E-state index in [9.17, 15) is 4.79 Å². The van der Waals surface area contributed by atoms with Crippen molar-refractivity contribution in [2.24, 2.45) is 5.92 Å². The molecular formula is C19H28O5. The maximum atomic E-state index is 10.7. The number of rotatable bonds is 13. The van der Waals surface area contributed by atoms with Gasteiger partial charge in [-0.1, -0.05) is 25.1 Å². The van der Waals surface area contributed by atoms with E-state index in [1.165, 1.54) is 0 Å². The molecule has 1 aromatic rings. The normalized spacial score (nSPS) is 13.2. The summed E-state index contributed by atoms with van der Waals surface area (Å²) in [6.07, 6.45) is 2.98. The highest BCUT2D eigenvalue weighted by atomic mass is 16.5. The lowest BCUT2D eigenvalue weighted by Crippen LogP contribution is -2.20. The van der Waals surface area contributed by atoms with Gasteiger partial charge < -0.3 is 19.3 Å². The number of carbonyl (C=O) groups is 1. The highest BCUT2D eigenvalue weighted by Gasteiger charge is 2.15. The molecule has 5 heteroatoms. The molecule has 0 aliphatic carbocycles. The van der Waals surface area contributed by atoms with Crippen LogP contribution in [-0.4, -0.2) is 37.5 Å². The van der Waals surface area contributed by atoms with Crippen LogP contribution in [-0.2, 0) is 20.9 Å². The molecule has 134 valence electrons. The van der Waals surface area contributed by atoms with Crippen molar-refractivity contribution in [3.8, 4) is 5.75 Å². The summed E-state index contributed by atoms with van der Waals surface area (Å²) >= 11 is 0. The number of benzene rings is 1. The third-order valence-corrected chi connectivity index (χ3v) is 3.63. The molecule has 0 radical (unpaired) electrons. The van der Waals surface area contributed by atoms with Gasteiger partial charge in [0, 0.05) is 13.0 Å². The van der Waals surface area contributed by atoms with Crippen LogP contribution in [0.25, 0.3) is 0 Å². The molecule has 1 N–H and O–H groups in total. The summed E-state index contributed by atoms with van der Waals surface area (Å²) in [5.41, 5.74) is 1.09. The third kappa shape index (κ3) is 8.70. The first kappa shape index (κ1) is 20.2. The second-order valence-electron chi connectivity index (χ2n) is 5.88. The zero-order valence-electron chi connectivity index (χ0n) is 14.6. The summed E-state index contributed by atoms with van der Waals surface area (Å²) in [6.45, 7) is 7.29. The average molecular weight is 336 g/mol. The molecule has 0 saturated carbocycles. The molecule has 0 spiro atoms. The lowest BCUT2D eigenvalue weighted by atomic mass is 10.0. The monoisotopic (exact) mass is 336 g/mol. The number of ether oxygens (including phenoxy) is 3. The van der Waals surface area contributed by atoms with Gasteiger partial charge in [-0.2, -0.15) is 0 Å². The second kappa shape index (κ2) is 11.6. The Morgan fingerprint density at radius 1 is 1.33 bits per heavy atom. The number of methoxy groups -OCH3 is 1. The number of carboxylic acid groups (broad SMARTS) is 1. The Balaban J connectivity index is 2.33. The van der Waals surface area contributed by atoms with Gasteiger partial charge in [-0.05, 0) is 36.5 Å². The Morgan fingerprint density at radius 2 is 2.04 bits per heavy atom. The van der Waals surface area contributed by atoms with Crippen molar-refractivity contribution in [2.75, 3.05) is 20.3 Å². The third-order valence-electron chi connectivity index (χ3n) is 3.63. The zero-order valence-corrected chi connectivity index (χ0v) is 14.6. The molecule has 1 aromatic carbocycles. The van der Waals surface area contributed by atoms with E-state index < -0.39 is 5.97 Å². The van der Waals surface area contributed by atoms with Gasteiger partial charge >= 0.3 is 5.97 Å². The van der Waals surface area contributed by atoms with Gasteiger partial charge in [0.2, 0.25) is 0 Å². The maximum absolute atomic E-state index is 10.7. The van der Waals surface area contributed by atoms with E-state index in [1.54, 1.807) is 13.2 Å². The molecule has 0 aromatic heterocycles. The summed E-state index contributed by atoms with van der Waals surface area (Å²) in [7, 11) is 1.64. The summed E-state index contributed by atoms with van der Waals surface area (Å²) in [5.74, 6) is 0.310. The molecule has 0 saturated heterocycles. The fourth-order valence-electron chi connectivity index (χ4n) is 2.37. The fourth-order valence-corrected chi connectivity index (χ4v) is 2.37. The van der Waals surface area contributed by atoms with E-state index in [4.69, 9.17) is 19.3 Å². The second-order valence-corrected chi connectivity index (χ2v) is 5.88. The van der Waals surface area contributed by atoms with Crippen LogP contribution in [0, 0.1) is 5.92 Å². The zero-order chi connectivity index (χ0) is 17.8. The molecule has 5 nitrogen and oxygen atoms in total. The minimum Gasteiger partial charge on any atom is -0.497 e. The minimum absolute atomic E-state index is 0.0845. The molecule has 0 amide bonds. The van der Waals surface area contributed by atoms with Gasteiger partial charge in [0.1, 0.15) is 5.75 Å². The van der Waals surface area contributed by atoms with Gasteiger partial charge in [-0.25, -0.2) is 0 Å². The van der Waals surface area contributed by atoms with Crippen LogP contribution in [0.5, 0.6) is 5.75 Å². The lowest BCUT2D eigenvalue weighted by molar-refractivity contribution is -0.137. The molecular weight excluding hydrogens is 308 g/mol. The molecule has 0 unspecified atom stereocenters. The number of aliphatic carboxylic acids is 1. The summed E-state index contributed by atoms with van der Waals surface area (Å²) in [4.78, 5) is 10.7. The van der Waals surface area contributed by atoms with E-state index in [2.05, 4.69) is 13.5 Å². The van der Waals surface area contributed by atoms with Crippen molar-refractivity contribution in [3.63, 3.8) is 0 Å². The first-order valence-electron chi connectivity index (χ1n) is 8.20. The van der Waals surface area contributed by atoms with Crippen molar-refractivity contribution in [1.29, 1.82) is 0 Å². The predicted molar refractivity (Wildman–Crippen MR) is 93.2 cm³/mol. The molecule has 24 heavy (non-hydrogen) atoms. The molecule has 0 aliphatic heterocycles. The quantitative estimate of drug-likeness (QED) is 0.557. The Kier molecular flexibility index (Phi) is 9.80. The van der Waals surface area contributed by atoms with Crippen LogP contribution >= 0.6 is 0 Å². The molecule has 0 aliphatic rings. The van der Waals surface area contributed by atoms with Crippen LogP contribution in [0.15, 0.2) is 36.9 Å². The first-order chi connectivity index (χ1) is 11.5. The van der Waals surface area contributed by atoms with Crippen LogP contribution in [0.2, 0.25) is 0 Å². The first-order valence-corrected chi connectivity index (χ1v) is 8.20. The largest absolute Gasteiger partial charge is 0.497 e. The molecule has 1 rings (SSSR count). The minimum atomic E-state index is -0.800. The van der Waals surface area contributed by atoms with E-state index in [0.717, 1.165) is 17.7 Å². The van der Waals surface area contributed by atoms with Crippen LogP contribution in [0.3, 0.4) is 0 Å². The smallest absolute Gasteiger partial charge is 0.303 e. The van der Waals surface area contributed by atoms with E-state index in [-0.39, 0.29) is 18.4 Å². The topological polar surface area (TPSA) is 65.0 Å². The van der Waals surface area contributed by atoms with Crippen molar-refractivity contribution < 1.29 is 24.1 Å². The number of hydrogen-bond donors (Lipinski definition) is 1. The number of hydrogen-bond acceptors (Lipinski definition) is 4. The number of carboxylic acids is 1. The van der Waals surface area contributed by atoms with Crippen molar-refractivity contribution in [1.82, 2.24) is 0 Å². The highest BCUT2D eigenvalue weighted by molar-refractivity contribution is 5.66. The molecule has 0 bridgehead atoms. The molecule has 2 atom stereocenters. The molecule has 0 heterocycles. The Hall–Kier alpha value is -1.85. The molecule has 0 fully saturated rings. The summed E-state index contributed by atoms with van der Waals surface area (Å²) in [6, 6.07) is 7.78. The van der Waals surface area contributed by atoms with E-state index in [1.807, 2.05) is 24.3 Å².